The molecule has 1 atom stereocenters. The largest absolute Gasteiger partial charge is 0.441 e. The first-order chi connectivity index (χ1) is 12.0. The first kappa shape index (κ1) is 17.6. The minimum absolute atomic E-state index is 0.115. The molecular formula is C17H20N2O5S. The van der Waals surface area contributed by atoms with Crippen LogP contribution in [0, 0.1) is 6.92 Å². The van der Waals surface area contributed by atoms with Crippen LogP contribution in [0.3, 0.4) is 0 Å². The summed E-state index contributed by atoms with van der Waals surface area (Å²) < 4.78 is 37.4. The van der Waals surface area contributed by atoms with Gasteiger partial charge in [0.1, 0.15) is 11.0 Å². The standard InChI is InChI=1S/C17H20N2O5S/c1-12-15(18-17(24-12)13-6-3-2-4-7-13)10-16(20)19-25(21,22)14-8-5-9-23-11-14/h2-4,6-7,14H,5,8-11H2,1H3,(H,19,20). The lowest BCUT2D eigenvalue weighted by Crippen LogP contribution is -2.42. The molecule has 1 unspecified atom stereocenters. The summed E-state index contributed by atoms with van der Waals surface area (Å²) in [5, 5.41) is -0.691. The third-order valence-corrected chi connectivity index (χ3v) is 5.82. The Bertz CT molecular complexity index is 839. The number of benzene rings is 1. The van der Waals surface area contributed by atoms with E-state index in [1.807, 2.05) is 30.3 Å². The third-order valence-electron chi connectivity index (χ3n) is 4.05. The van der Waals surface area contributed by atoms with E-state index >= 15 is 0 Å². The van der Waals surface area contributed by atoms with Crippen LogP contribution >= 0.6 is 0 Å². The Morgan fingerprint density at radius 2 is 2.08 bits per heavy atom. The summed E-state index contributed by atoms with van der Waals surface area (Å²) in [7, 11) is -3.74. The molecule has 1 aromatic carbocycles. The quantitative estimate of drug-likeness (QED) is 0.869. The van der Waals surface area contributed by atoms with E-state index in [0.717, 1.165) is 5.56 Å². The van der Waals surface area contributed by atoms with Gasteiger partial charge in [0.15, 0.2) is 0 Å². The minimum atomic E-state index is -3.74. The van der Waals surface area contributed by atoms with Crippen LogP contribution in [-0.2, 0) is 26.0 Å². The lowest BCUT2D eigenvalue weighted by Gasteiger charge is -2.22. The maximum atomic E-state index is 12.2. The maximum Gasteiger partial charge on any atom is 0.240 e. The lowest BCUT2D eigenvalue weighted by molar-refractivity contribution is -0.118. The highest BCUT2D eigenvalue weighted by atomic mass is 32.2. The van der Waals surface area contributed by atoms with E-state index < -0.39 is 21.2 Å². The zero-order valence-corrected chi connectivity index (χ0v) is 14.7. The van der Waals surface area contributed by atoms with Gasteiger partial charge in [-0.05, 0) is 31.9 Å². The van der Waals surface area contributed by atoms with Gasteiger partial charge in [-0.15, -0.1) is 0 Å². The lowest BCUT2D eigenvalue weighted by atomic mass is 10.2. The second-order valence-electron chi connectivity index (χ2n) is 5.97. The van der Waals surface area contributed by atoms with Crippen molar-refractivity contribution in [1.82, 2.24) is 9.71 Å². The van der Waals surface area contributed by atoms with Crippen LogP contribution < -0.4 is 4.72 Å². The van der Waals surface area contributed by atoms with E-state index in [4.69, 9.17) is 9.15 Å². The van der Waals surface area contributed by atoms with Crippen LogP contribution in [-0.4, -0.2) is 37.8 Å². The molecule has 2 heterocycles. The number of oxazole rings is 1. The topological polar surface area (TPSA) is 98.5 Å². The first-order valence-corrected chi connectivity index (χ1v) is 9.64. The second-order valence-corrected chi connectivity index (χ2v) is 7.93. The van der Waals surface area contributed by atoms with Crippen LogP contribution in [0.1, 0.15) is 24.3 Å². The highest BCUT2D eigenvalue weighted by Gasteiger charge is 2.30. The minimum Gasteiger partial charge on any atom is -0.441 e. The van der Waals surface area contributed by atoms with Crippen LogP contribution in [0.2, 0.25) is 0 Å². The number of aryl methyl sites for hydroxylation is 1. The van der Waals surface area contributed by atoms with E-state index in [0.29, 0.717) is 36.8 Å². The molecule has 1 amide bonds. The number of carbonyl (C=O) groups is 1. The van der Waals surface area contributed by atoms with Crippen LogP contribution in [0.15, 0.2) is 34.7 Å². The number of hydrogen-bond donors (Lipinski definition) is 1. The zero-order chi connectivity index (χ0) is 17.9. The maximum absolute atomic E-state index is 12.2. The van der Waals surface area contributed by atoms with E-state index in [9.17, 15) is 13.2 Å². The molecule has 0 bridgehead atoms. The van der Waals surface area contributed by atoms with Gasteiger partial charge in [0.25, 0.3) is 0 Å². The Morgan fingerprint density at radius 3 is 2.76 bits per heavy atom. The van der Waals surface area contributed by atoms with Gasteiger partial charge >= 0.3 is 0 Å². The molecule has 1 saturated heterocycles. The highest BCUT2D eigenvalue weighted by Crippen LogP contribution is 2.22. The Balaban J connectivity index is 1.68. The summed E-state index contributed by atoms with van der Waals surface area (Å²) in [5.41, 5.74) is 1.22. The monoisotopic (exact) mass is 364 g/mol. The van der Waals surface area contributed by atoms with Crippen LogP contribution in [0.4, 0.5) is 0 Å². The van der Waals surface area contributed by atoms with Gasteiger partial charge in [-0.3, -0.25) is 9.52 Å². The molecule has 8 heteroatoms. The molecule has 134 valence electrons. The smallest absolute Gasteiger partial charge is 0.240 e. The fraction of sp³-hybridized carbons (Fsp3) is 0.412. The van der Waals surface area contributed by atoms with Crippen molar-refractivity contribution in [1.29, 1.82) is 0 Å². The molecule has 1 aromatic heterocycles. The van der Waals surface area contributed by atoms with E-state index in [1.54, 1.807) is 6.92 Å². The van der Waals surface area contributed by atoms with Gasteiger partial charge in [0.05, 0.1) is 18.7 Å². The van der Waals surface area contributed by atoms with Crippen LogP contribution in [0.25, 0.3) is 11.5 Å². The van der Waals surface area contributed by atoms with Crippen LogP contribution in [0.5, 0.6) is 0 Å². The third kappa shape index (κ3) is 4.26. The number of ether oxygens (including phenoxy) is 1. The summed E-state index contributed by atoms with van der Waals surface area (Å²) >= 11 is 0. The molecule has 0 aliphatic carbocycles. The molecule has 1 N–H and O–H groups in total. The number of sulfonamides is 1. The first-order valence-electron chi connectivity index (χ1n) is 8.09. The number of nitrogens with zero attached hydrogens (tertiary/aromatic N) is 1. The zero-order valence-electron chi connectivity index (χ0n) is 13.9. The molecule has 1 aliphatic rings. The molecule has 7 nitrogen and oxygen atoms in total. The fourth-order valence-electron chi connectivity index (χ4n) is 2.68. The summed E-state index contributed by atoms with van der Waals surface area (Å²) in [6.45, 7) is 2.37. The molecule has 3 rings (SSSR count). The fourth-order valence-corrected chi connectivity index (χ4v) is 3.99. The predicted molar refractivity (Wildman–Crippen MR) is 91.3 cm³/mol. The summed E-state index contributed by atoms with van der Waals surface area (Å²) in [6.07, 6.45) is 1.00. The number of carbonyl (C=O) groups excluding carboxylic acids is 1. The Kier molecular flexibility index (Phi) is 5.19. The molecule has 0 spiro atoms. The number of amides is 1. The van der Waals surface area contributed by atoms with E-state index in [1.165, 1.54) is 0 Å². The van der Waals surface area contributed by atoms with E-state index in [2.05, 4.69) is 9.71 Å². The van der Waals surface area contributed by atoms with Gasteiger partial charge < -0.3 is 9.15 Å². The molecule has 1 fully saturated rings. The summed E-state index contributed by atoms with van der Waals surface area (Å²) in [4.78, 5) is 16.5. The van der Waals surface area contributed by atoms with Crippen molar-refractivity contribution < 1.29 is 22.4 Å². The Hall–Kier alpha value is -2.19. The van der Waals surface area contributed by atoms with Crippen molar-refractivity contribution in [2.75, 3.05) is 13.2 Å². The Labute approximate surface area is 146 Å². The SMILES string of the molecule is Cc1oc(-c2ccccc2)nc1CC(=O)NS(=O)(=O)C1CCCOC1. The van der Waals surface area contributed by atoms with Crippen molar-refractivity contribution >= 4 is 15.9 Å². The van der Waals surface area contributed by atoms with E-state index in [-0.39, 0.29) is 13.0 Å². The van der Waals surface area contributed by atoms with Crippen molar-refractivity contribution in [2.45, 2.75) is 31.4 Å². The van der Waals surface area contributed by atoms with Crippen molar-refractivity contribution in [3.63, 3.8) is 0 Å². The number of rotatable bonds is 5. The molecule has 0 radical (unpaired) electrons. The Morgan fingerprint density at radius 1 is 1.32 bits per heavy atom. The van der Waals surface area contributed by atoms with Gasteiger partial charge in [0, 0.05) is 12.2 Å². The molecule has 1 aliphatic heterocycles. The van der Waals surface area contributed by atoms with Gasteiger partial charge in [-0.2, -0.15) is 0 Å². The van der Waals surface area contributed by atoms with Gasteiger partial charge in [-0.25, -0.2) is 13.4 Å². The number of nitrogens with one attached hydrogen (secondary N) is 1. The second kappa shape index (κ2) is 7.37. The summed E-state index contributed by atoms with van der Waals surface area (Å²) in [5.74, 6) is 0.276. The number of hydrogen-bond acceptors (Lipinski definition) is 6. The molecule has 0 saturated carbocycles. The highest BCUT2D eigenvalue weighted by molar-refractivity contribution is 7.90. The van der Waals surface area contributed by atoms with Crippen molar-refractivity contribution in [2.24, 2.45) is 0 Å². The van der Waals surface area contributed by atoms with Crippen molar-refractivity contribution in [3.8, 4) is 11.5 Å². The normalized spacial score (nSPS) is 18.0. The summed E-state index contributed by atoms with van der Waals surface area (Å²) in [6, 6.07) is 9.30. The molecule has 25 heavy (non-hydrogen) atoms. The predicted octanol–water partition coefficient (Wildman–Crippen LogP) is 1.82. The molecule has 2 aromatic rings. The average molecular weight is 364 g/mol. The van der Waals surface area contributed by atoms with Crippen molar-refractivity contribution in [3.05, 3.63) is 41.8 Å². The molecular weight excluding hydrogens is 344 g/mol. The number of aromatic nitrogens is 1. The van der Waals surface area contributed by atoms with Gasteiger partial charge in [-0.1, -0.05) is 18.2 Å². The average Bonchev–Trinajstić information content (AvgIpc) is 2.96. The van der Waals surface area contributed by atoms with Gasteiger partial charge in [0.2, 0.25) is 21.8 Å².